The van der Waals surface area contributed by atoms with Gasteiger partial charge in [-0.3, -0.25) is 0 Å². The summed E-state index contributed by atoms with van der Waals surface area (Å²) in [5, 5.41) is 25.9. The van der Waals surface area contributed by atoms with Crippen LogP contribution in [0.15, 0.2) is 34.1 Å². The fourth-order valence-corrected chi connectivity index (χ4v) is 4.00. The smallest absolute Gasteiger partial charge is 1.00 e. The molecule has 0 N–H and O–H groups in total. The third-order valence-electron chi connectivity index (χ3n) is 4.23. The van der Waals surface area contributed by atoms with E-state index in [9.17, 15) is 10.2 Å². The zero-order valence-electron chi connectivity index (χ0n) is 17.4. The summed E-state index contributed by atoms with van der Waals surface area (Å²) < 4.78 is 0. The van der Waals surface area contributed by atoms with Crippen molar-refractivity contribution in [3.63, 3.8) is 0 Å². The Balaban J connectivity index is 0.00000338. The monoisotopic (exact) mass is 692 g/mol. The molecule has 0 unspecified atom stereocenters. The molecule has 0 spiro atoms. The Labute approximate surface area is 204 Å². The van der Waals surface area contributed by atoms with Crippen LogP contribution in [0.2, 0.25) is 0 Å². The van der Waals surface area contributed by atoms with Gasteiger partial charge in [-0.2, -0.15) is 0 Å². The van der Waals surface area contributed by atoms with Gasteiger partial charge >= 0.3 is 26.2 Å². The Bertz CT molecular complexity index is 738. The largest absolute Gasteiger partial charge is 3.00 e. The Kier molecular flexibility index (Phi) is 9.67. The second-order valence-electron chi connectivity index (χ2n) is 8.88. The summed E-state index contributed by atoms with van der Waals surface area (Å²) in [6, 6.07) is 7.70. The van der Waals surface area contributed by atoms with Gasteiger partial charge in [0.2, 0.25) is 0 Å². The van der Waals surface area contributed by atoms with Crippen LogP contribution < -0.4 is 34.2 Å². The summed E-state index contributed by atoms with van der Waals surface area (Å²) >= 11 is 1.30. The first-order valence-corrected chi connectivity index (χ1v) is 9.44. The van der Waals surface area contributed by atoms with Crippen LogP contribution in [0.3, 0.4) is 0 Å². The van der Waals surface area contributed by atoms with E-state index in [1.165, 1.54) is 11.8 Å². The van der Waals surface area contributed by atoms with E-state index in [0.717, 1.165) is 22.3 Å². The average Bonchev–Trinajstić information content (AvgIpc) is 2.43. The second kappa shape index (κ2) is 9.67. The van der Waals surface area contributed by atoms with Gasteiger partial charge in [0.1, 0.15) is 0 Å². The third kappa shape index (κ3) is 6.50. The minimum Gasteiger partial charge on any atom is -1.00 e. The van der Waals surface area contributed by atoms with Gasteiger partial charge in [0, 0.05) is 9.79 Å². The molecule has 5 heteroatoms. The van der Waals surface area contributed by atoms with Crippen molar-refractivity contribution in [3.05, 3.63) is 46.5 Å². The standard InChI is InChI=1S/C22H30O2S.Bi.HI/c1-13-9-15(21(3,4)5)19(23)17(11-13)25-18-12-14(2)10-16(20(18)24)22(6,7)8;;/h9-12,23-24H,1-8H3;;1H/q;+3;/p-3. The first-order chi connectivity index (χ1) is 11.3. The molecule has 2 rings (SSSR count). The fraction of sp³-hybridized carbons (Fsp3) is 0.455. The van der Waals surface area contributed by atoms with Crippen molar-refractivity contribution in [3.8, 4) is 11.5 Å². The predicted octanol–water partition coefficient (Wildman–Crippen LogP) is 1.82. The molecule has 2 radical (unpaired) electrons. The number of benzene rings is 2. The van der Waals surface area contributed by atoms with E-state index in [-0.39, 0.29) is 72.5 Å². The predicted molar refractivity (Wildman–Crippen MR) is 109 cm³/mol. The summed E-state index contributed by atoms with van der Waals surface area (Å²) in [6.07, 6.45) is 0. The number of hydrogen-bond acceptors (Lipinski definition) is 3. The van der Waals surface area contributed by atoms with Gasteiger partial charge in [0.25, 0.3) is 0 Å². The van der Waals surface area contributed by atoms with E-state index in [0.29, 0.717) is 9.79 Å². The van der Waals surface area contributed by atoms with E-state index < -0.39 is 0 Å². The van der Waals surface area contributed by atoms with Gasteiger partial charge < -0.3 is 34.2 Å². The molecule has 0 atom stereocenters. The number of aryl methyl sites for hydroxylation is 2. The Morgan fingerprint density at radius 1 is 0.667 bits per heavy atom. The first-order valence-electron chi connectivity index (χ1n) is 8.63. The summed E-state index contributed by atoms with van der Waals surface area (Å²) in [6.45, 7) is 16.2. The second-order valence-corrected chi connectivity index (χ2v) is 9.97. The minimum absolute atomic E-state index is 0. The quantitative estimate of drug-likeness (QED) is 0.357. The van der Waals surface area contributed by atoms with Gasteiger partial charge in [-0.15, -0.1) is 0 Å². The van der Waals surface area contributed by atoms with Gasteiger partial charge in [-0.1, -0.05) is 76.9 Å². The van der Waals surface area contributed by atoms with E-state index in [1.807, 2.05) is 79.7 Å². The van der Waals surface area contributed by atoms with Crippen molar-refractivity contribution in [1.82, 2.24) is 0 Å². The molecule has 2 nitrogen and oxygen atoms in total. The summed E-state index contributed by atoms with van der Waals surface area (Å²) in [5.74, 6) is 0.0580. The molecule has 0 bridgehead atoms. The van der Waals surface area contributed by atoms with E-state index >= 15 is 0 Å². The zero-order chi connectivity index (χ0) is 19.2. The molecule has 27 heavy (non-hydrogen) atoms. The van der Waals surface area contributed by atoms with Crippen molar-refractivity contribution in [2.45, 2.75) is 76.0 Å². The summed E-state index contributed by atoms with van der Waals surface area (Å²) in [5.41, 5.74) is 3.24. The van der Waals surface area contributed by atoms with Crippen LogP contribution in [0.1, 0.15) is 63.8 Å². The van der Waals surface area contributed by atoms with Gasteiger partial charge in [0.15, 0.2) is 0 Å². The molecule has 0 saturated carbocycles. The van der Waals surface area contributed by atoms with Gasteiger partial charge in [0.05, 0.1) is 0 Å². The van der Waals surface area contributed by atoms with Crippen molar-refractivity contribution >= 4 is 38.0 Å². The zero-order valence-corrected chi connectivity index (χ0v) is 23.8. The molecule has 146 valence electrons. The van der Waals surface area contributed by atoms with E-state index in [4.69, 9.17) is 0 Å². The molecule has 0 aliphatic carbocycles. The Morgan fingerprint density at radius 2 is 0.963 bits per heavy atom. The maximum Gasteiger partial charge on any atom is 3.00 e. The molecule has 0 fully saturated rings. The SMILES string of the molecule is Cc1cc(Sc2cc(C)cc(C(C)(C)C)c2[O-])c([O-])c(C(C)(C)C)c1.[Bi+3].[I-]. The van der Waals surface area contributed by atoms with Crippen LogP contribution in [0.4, 0.5) is 0 Å². The third-order valence-corrected chi connectivity index (χ3v) is 5.28. The maximum absolute atomic E-state index is 12.9. The van der Waals surface area contributed by atoms with Crippen molar-refractivity contribution in [1.29, 1.82) is 0 Å². The van der Waals surface area contributed by atoms with Crippen molar-refractivity contribution in [2.24, 2.45) is 0 Å². The van der Waals surface area contributed by atoms with Crippen LogP contribution in [-0.2, 0) is 10.8 Å². The summed E-state index contributed by atoms with van der Waals surface area (Å²) in [4.78, 5) is 1.26. The van der Waals surface area contributed by atoms with Crippen LogP contribution in [-0.4, -0.2) is 26.2 Å². The van der Waals surface area contributed by atoms with Crippen LogP contribution in [0, 0.1) is 13.8 Å². The van der Waals surface area contributed by atoms with Crippen molar-refractivity contribution < 1.29 is 34.2 Å². The molecule has 2 aromatic carbocycles. The molecule has 0 saturated heterocycles. The normalized spacial score (nSPS) is 11.6. The van der Waals surface area contributed by atoms with Gasteiger partial charge in [-0.25, -0.2) is 0 Å². The summed E-state index contributed by atoms with van der Waals surface area (Å²) in [7, 11) is 0. The fourth-order valence-electron chi connectivity index (χ4n) is 2.86. The molecule has 2 aromatic rings. The van der Waals surface area contributed by atoms with Gasteiger partial charge in [-0.05, 0) is 59.1 Å². The van der Waals surface area contributed by atoms with Crippen LogP contribution >= 0.6 is 11.8 Å². The molecule has 0 amide bonds. The van der Waals surface area contributed by atoms with Crippen LogP contribution in [0.5, 0.6) is 11.5 Å². The molecule has 0 aliphatic rings. The topological polar surface area (TPSA) is 46.1 Å². The minimum atomic E-state index is -0.220. The van der Waals surface area contributed by atoms with E-state index in [1.54, 1.807) is 0 Å². The first kappa shape index (κ1) is 27.0. The molecular formula is C22H28BiIO2S. The molecular weight excluding hydrogens is 664 g/mol. The molecule has 0 aliphatic heterocycles. The van der Waals surface area contributed by atoms with Crippen molar-refractivity contribution in [2.75, 3.05) is 0 Å². The van der Waals surface area contributed by atoms with E-state index in [2.05, 4.69) is 0 Å². The molecule has 0 aromatic heterocycles. The number of halogens is 1. The Morgan fingerprint density at radius 3 is 1.22 bits per heavy atom. The molecule has 0 heterocycles. The number of hydrogen-bond donors (Lipinski definition) is 0. The Hall–Kier alpha value is 0.00312. The average molecular weight is 692 g/mol. The van der Waals surface area contributed by atoms with Crippen LogP contribution in [0.25, 0.3) is 0 Å². The maximum atomic E-state index is 12.9. The number of rotatable bonds is 2.